The van der Waals surface area contributed by atoms with Crippen LogP contribution in [0, 0.1) is 0 Å². The van der Waals surface area contributed by atoms with E-state index in [2.05, 4.69) is 32.3 Å². The summed E-state index contributed by atoms with van der Waals surface area (Å²) in [5.41, 5.74) is 1.18. The number of nitrogens with zero attached hydrogens (tertiary/aromatic N) is 1. The van der Waals surface area contributed by atoms with Gasteiger partial charge in [0, 0.05) is 34.8 Å². The van der Waals surface area contributed by atoms with Gasteiger partial charge in [-0.1, -0.05) is 17.7 Å². The molecule has 2 heterocycles. The molecule has 0 saturated heterocycles. The number of aromatic nitrogens is 1. The minimum atomic E-state index is 0.804. The van der Waals surface area contributed by atoms with Crippen molar-refractivity contribution >= 4 is 38.9 Å². The van der Waals surface area contributed by atoms with Crippen molar-refractivity contribution in [3.63, 3.8) is 0 Å². The van der Waals surface area contributed by atoms with Crippen LogP contribution >= 0.6 is 38.9 Å². The SMILES string of the molecule is Clc1sc(CNCc2cccnc2)cc1Br. The van der Waals surface area contributed by atoms with Gasteiger partial charge in [0.05, 0.1) is 0 Å². The van der Waals surface area contributed by atoms with E-state index in [1.165, 1.54) is 10.4 Å². The standard InChI is InChI=1S/C11H10BrClN2S/c12-10-4-9(16-11(10)13)7-15-6-8-2-1-3-14-5-8/h1-5,15H,6-7H2. The summed E-state index contributed by atoms with van der Waals surface area (Å²) in [5.74, 6) is 0. The monoisotopic (exact) mass is 316 g/mol. The van der Waals surface area contributed by atoms with Gasteiger partial charge in [-0.3, -0.25) is 4.98 Å². The van der Waals surface area contributed by atoms with E-state index in [1.807, 2.05) is 18.3 Å². The van der Waals surface area contributed by atoms with Crippen molar-refractivity contribution in [2.45, 2.75) is 13.1 Å². The number of halogens is 2. The zero-order chi connectivity index (χ0) is 11.4. The molecule has 2 aromatic heterocycles. The number of nitrogens with one attached hydrogen (secondary N) is 1. The molecule has 5 heteroatoms. The molecule has 0 atom stereocenters. The second-order valence-electron chi connectivity index (χ2n) is 3.30. The minimum absolute atomic E-state index is 0.804. The summed E-state index contributed by atoms with van der Waals surface area (Å²) >= 11 is 10.9. The van der Waals surface area contributed by atoms with Gasteiger partial charge in [-0.15, -0.1) is 11.3 Å². The zero-order valence-electron chi connectivity index (χ0n) is 8.41. The molecular weight excluding hydrogens is 308 g/mol. The number of thiophene rings is 1. The van der Waals surface area contributed by atoms with E-state index >= 15 is 0 Å². The number of hydrogen-bond donors (Lipinski definition) is 1. The molecule has 0 spiro atoms. The van der Waals surface area contributed by atoms with Crippen molar-refractivity contribution in [1.82, 2.24) is 10.3 Å². The molecule has 84 valence electrons. The van der Waals surface area contributed by atoms with Crippen LogP contribution in [0.5, 0.6) is 0 Å². The van der Waals surface area contributed by atoms with Crippen LogP contribution in [0.1, 0.15) is 10.4 Å². The van der Waals surface area contributed by atoms with Gasteiger partial charge in [-0.2, -0.15) is 0 Å². The fraction of sp³-hybridized carbons (Fsp3) is 0.182. The first kappa shape index (κ1) is 12.0. The third-order valence-corrected chi connectivity index (χ3v) is 4.52. The van der Waals surface area contributed by atoms with E-state index in [0.29, 0.717) is 0 Å². The van der Waals surface area contributed by atoms with Crippen molar-refractivity contribution in [1.29, 1.82) is 0 Å². The van der Waals surface area contributed by atoms with Crippen LogP contribution in [0.3, 0.4) is 0 Å². The summed E-state index contributed by atoms with van der Waals surface area (Å²) in [4.78, 5) is 5.29. The first-order valence-corrected chi connectivity index (χ1v) is 6.78. The molecule has 0 saturated carbocycles. The Kier molecular flexibility index (Phi) is 4.35. The summed E-state index contributed by atoms with van der Waals surface area (Å²) in [6, 6.07) is 6.04. The highest BCUT2D eigenvalue weighted by Gasteiger charge is 2.03. The molecule has 0 aromatic carbocycles. The Hall–Kier alpha value is -0.420. The molecule has 0 radical (unpaired) electrons. The average molecular weight is 318 g/mol. The summed E-state index contributed by atoms with van der Waals surface area (Å²) in [7, 11) is 0. The Morgan fingerprint density at radius 3 is 2.94 bits per heavy atom. The molecule has 0 aliphatic rings. The number of hydrogen-bond acceptors (Lipinski definition) is 3. The number of rotatable bonds is 4. The smallest absolute Gasteiger partial charge is 0.107 e. The van der Waals surface area contributed by atoms with Crippen LogP contribution in [-0.2, 0) is 13.1 Å². The van der Waals surface area contributed by atoms with E-state index in [-0.39, 0.29) is 0 Å². The summed E-state index contributed by atoms with van der Waals surface area (Å²) < 4.78 is 1.77. The molecule has 16 heavy (non-hydrogen) atoms. The third kappa shape index (κ3) is 3.28. The maximum atomic E-state index is 5.96. The van der Waals surface area contributed by atoms with Gasteiger partial charge in [-0.05, 0) is 33.6 Å². The second-order valence-corrected chi connectivity index (χ2v) is 5.89. The molecule has 0 aliphatic heterocycles. The van der Waals surface area contributed by atoms with Crippen molar-refractivity contribution in [2.24, 2.45) is 0 Å². The van der Waals surface area contributed by atoms with Crippen molar-refractivity contribution in [3.05, 3.63) is 49.8 Å². The normalized spacial score (nSPS) is 10.6. The van der Waals surface area contributed by atoms with Gasteiger partial charge in [-0.25, -0.2) is 0 Å². The largest absolute Gasteiger partial charge is 0.308 e. The van der Waals surface area contributed by atoms with Crippen LogP contribution < -0.4 is 5.32 Å². The maximum Gasteiger partial charge on any atom is 0.107 e. The lowest BCUT2D eigenvalue weighted by Crippen LogP contribution is -2.11. The van der Waals surface area contributed by atoms with Crippen LogP contribution in [0.4, 0.5) is 0 Å². The van der Waals surface area contributed by atoms with Crippen molar-refractivity contribution < 1.29 is 0 Å². The summed E-state index contributed by atoms with van der Waals surface area (Å²) in [6.07, 6.45) is 3.64. The molecule has 2 rings (SSSR count). The highest BCUT2D eigenvalue weighted by atomic mass is 79.9. The van der Waals surface area contributed by atoms with Gasteiger partial charge in [0.2, 0.25) is 0 Å². The quantitative estimate of drug-likeness (QED) is 0.926. The molecule has 0 fully saturated rings. The van der Waals surface area contributed by atoms with Gasteiger partial charge < -0.3 is 5.32 Å². The van der Waals surface area contributed by atoms with Gasteiger partial charge >= 0.3 is 0 Å². The molecule has 2 nitrogen and oxygen atoms in total. The fourth-order valence-corrected chi connectivity index (χ4v) is 3.07. The van der Waals surface area contributed by atoms with E-state index in [0.717, 1.165) is 21.9 Å². The molecule has 0 unspecified atom stereocenters. The maximum absolute atomic E-state index is 5.96. The molecule has 2 aromatic rings. The van der Waals surface area contributed by atoms with E-state index < -0.39 is 0 Å². The van der Waals surface area contributed by atoms with Crippen LogP contribution in [0.25, 0.3) is 0 Å². The summed E-state index contributed by atoms with van der Waals surface area (Å²) in [6.45, 7) is 1.64. The predicted octanol–water partition coefficient (Wildman–Crippen LogP) is 3.85. The Morgan fingerprint density at radius 2 is 2.31 bits per heavy atom. The highest BCUT2D eigenvalue weighted by Crippen LogP contribution is 2.31. The molecular formula is C11H10BrClN2S. The second kappa shape index (κ2) is 5.77. The van der Waals surface area contributed by atoms with Crippen molar-refractivity contribution in [2.75, 3.05) is 0 Å². The van der Waals surface area contributed by atoms with Gasteiger partial charge in [0.15, 0.2) is 0 Å². The van der Waals surface area contributed by atoms with Crippen molar-refractivity contribution in [3.8, 4) is 0 Å². The predicted molar refractivity (Wildman–Crippen MR) is 71.8 cm³/mol. The Labute approximate surface area is 112 Å². The highest BCUT2D eigenvalue weighted by molar-refractivity contribution is 9.10. The van der Waals surface area contributed by atoms with Gasteiger partial charge in [0.1, 0.15) is 4.34 Å². The van der Waals surface area contributed by atoms with Crippen LogP contribution in [0.15, 0.2) is 35.1 Å². The van der Waals surface area contributed by atoms with E-state index in [4.69, 9.17) is 11.6 Å². The Balaban J connectivity index is 1.84. The number of pyridine rings is 1. The lowest BCUT2D eigenvalue weighted by atomic mass is 10.3. The minimum Gasteiger partial charge on any atom is -0.308 e. The van der Waals surface area contributed by atoms with Crippen LogP contribution in [-0.4, -0.2) is 4.98 Å². The molecule has 0 amide bonds. The molecule has 0 aliphatic carbocycles. The Bertz CT molecular complexity index is 439. The van der Waals surface area contributed by atoms with E-state index in [1.54, 1.807) is 17.5 Å². The topological polar surface area (TPSA) is 24.9 Å². The summed E-state index contributed by atoms with van der Waals surface area (Å²) in [5, 5.41) is 3.35. The first-order chi connectivity index (χ1) is 7.75. The first-order valence-electron chi connectivity index (χ1n) is 4.79. The zero-order valence-corrected chi connectivity index (χ0v) is 11.6. The van der Waals surface area contributed by atoms with Crippen LogP contribution in [0.2, 0.25) is 4.34 Å². The van der Waals surface area contributed by atoms with E-state index in [9.17, 15) is 0 Å². The lowest BCUT2D eigenvalue weighted by molar-refractivity contribution is 0.699. The molecule has 1 N–H and O–H groups in total. The molecule has 0 bridgehead atoms. The van der Waals surface area contributed by atoms with Gasteiger partial charge in [0.25, 0.3) is 0 Å². The third-order valence-electron chi connectivity index (χ3n) is 2.05. The average Bonchev–Trinajstić information content (AvgIpc) is 2.60. The fourth-order valence-electron chi connectivity index (χ4n) is 1.31. The lowest BCUT2D eigenvalue weighted by Gasteiger charge is -2.01. The Morgan fingerprint density at radius 1 is 1.44 bits per heavy atom.